The highest BCUT2D eigenvalue weighted by Crippen LogP contribution is 2.15. The molecule has 0 aliphatic rings. The standard InChI is InChI=1S/C11H21NO4/c1-7(6-16-5)12(4)10(13)8(2)9(3)11(14)15/h7-9H,6H2,1-5H3,(H,14,15). The predicted octanol–water partition coefficient (Wildman–Crippen LogP) is 0.837. The molecule has 5 heteroatoms. The van der Waals surface area contributed by atoms with Gasteiger partial charge in [0.1, 0.15) is 0 Å². The normalized spacial score (nSPS) is 16.3. The minimum atomic E-state index is -0.950. The third kappa shape index (κ3) is 3.81. The van der Waals surface area contributed by atoms with E-state index >= 15 is 0 Å². The number of carbonyl (C=O) groups is 2. The SMILES string of the molecule is COCC(C)N(C)C(=O)C(C)C(C)C(=O)O. The topological polar surface area (TPSA) is 66.8 Å². The number of likely N-dealkylation sites (N-methyl/N-ethyl adjacent to an activating group) is 1. The van der Waals surface area contributed by atoms with E-state index in [0.29, 0.717) is 6.61 Å². The van der Waals surface area contributed by atoms with Gasteiger partial charge in [0.25, 0.3) is 0 Å². The van der Waals surface area contributed by atoms with Crippen LogP contribution in [-0.4, -0.2) is 48.7 Å². The zero-order valence-corrected chi connectivity index (χ0v) is 10.6. The van der Waals surface area contributed by atoms with Gasteiger partial charge in [-0.3, -0.25) is 9.59 Å². The Kier molecular flexibility index (Phi) is 6.03. The summed E-state index contributed by atoms with van der Waals surface area (Å²) in [6.07, 6.45) is 0. The van der Waals surface area contributed by atoms with Crippen molar-refractivity contribution in [3.63, 3.8) is 0 Å². The van der Waals surface area contributed by atoms with Crippen molar-refractivity contribution in [2.45, 2.75) is 26.8 Å². The molecule has 0 saturated heterocycles. The minimum absolute atomic E-state index is 0.0547. The summed E-state index contributed by atoms with van der Waals surface area (Å²) in [5.41, 5.74) is 0. The van der Waals surface area contributed by atoms with Gasteiger partial charge < -0.3 is 14.7 Å². The Labute approximate surface area is 96.4 Å². The Morgan fingerprint density at radius 2 is 1.75 bits per heavy atom. The van der Waals surface area contributed by atoms with E-state index in [9.17, 15) is 9.59 Å². The van der Waals surface area contributed by atoms with Crippen molar-refractivity contribution in [2.24, 2.45) is 11.8 Å². The molecule has 0 rings (SSSR count). The van der Waals surface area contributed by atoms with Gasteiger partial charge in [0.15, 0.2) is 0 Å². The number of nitrogens with zero attached hydrogens (tertiary/aromatic N) is 1. The first-order valence-corrected chi connectivity index (χ1v) is 5.31. The molecule has 94 valence electrons. The lowest BCUT2D eigenvalue weighted by atomic mass is 9.94. The molecular weight excluding hydrogens is 210 g/mol. The van der Waals surface area contributed by atoms with E-state index < -0.39 is 17.8 Å². The van der Waals surface area contributed by atoms with Crippen molar-refractivity contribution in [3.05, 3.63) is 0 Å². The van der Waals surface area contributed by atoms with Gasteiger partial charge in [-0.25, -0.2) is 0 Å². The third-order valence-corrected chi connectivity index (χ3v) is 2.95. The molecule has 1 amide bonds. The molecule has 3 atom stereocenters. The van der Waals surface area contributed by atoms with Crippen molar-refractivity contribution in [3.8, 4) is 0 Å². The summed E-state index contributed by atoms with van der Waals surface area (Å²) in [5.74, 6) is -2.32. The fraction of sp³-hybridized carbons (Fsp3) is 0.818. The van der Waals surface area contributed by atoms with Crippen molar-refractivity contribution >= 4 is 11.9 Å². The molecule has 0 aliphatic carbocycles. The van der Waals surface area contributed by atoms with Crippen LogP contribution in [0, 0.1) is 11.8 Å². The highest BCUT2D eigenvalue weighted by Gasteiger charge is 2.29. The Bertz CT molecular complexity index is 254. The van der Waals surface area contributed by atoms with Crippen molar-refractivity contribution in [2.75, 3.05) is 20.8 Å². The number of methoxy groups -OCH3 is 1. The smallest absolute Gasteiger partial charge is 0.307 e. The summed E-state index contributed by atoms with van der Waals surface area (Å²) in [6, 6.07) is -0.0547. The van der Waals surface area contributed by atoms with E-state index in [1.807, 2.05) is 6.92 Å². The number of ether oxygens (including phenoxy) is 1. The summed E-state index contributed by atoms with van der Waals surface area (Å²) in [5, 5.41) is 8.83. The van der Waals surface area contributed by atoms with Crippen LogP contribution in [0.1, 0.15) is 20.8 Å². The number of hydrogen-bond donors (Lipinski definition) is 1. The molecule has 0 radical (unpaired) electrons. The van der Waals surface area contributed by atoms with Gasteiger partial charge in [-0.1, -0.05) is 13.8 Å². The molecule has 0 spiro atoms. The second-order valence-corrected chi connectivity index (χ2v) is 4.17. The average molecular weight is 231 g/mol. The first-order chi connectivity index (χ1) is 7.32. The number of carboxylic acids is 1. The molecule has 0 aromatic heterocycles. The maximum absolute atomic E-state index is 11.9. The number of hydrogen-bond acceptors (Lipinski definition) is 3. The average Bonchev–Trinajstić information content (AvgIpc) is 2.25. The summed E-state index contributed by atoms with van der Waals surface area (Å²) >= 11 is 0. The molecule has 3 unspecified atom stereocenters. The van der Waals surface area contributed by atoms with Gasteiger partial charge in [-0.05, 0) is 6.92 Å². The Morgan fingerprint density at radius 1 is 1.25 bits per heavy atom. The quantitative estimate of drug-likeness (QED) is 0.735. The van der Waals surface area contributed by atoms with Crippen molar-refractivity contribution < 1.29 is 19.4 Å². The molecule has 0 aliphatic heterocycles. The molecule has 0 saturated carbocycles. The van der Waals surface area contributed by atoms with E-state index in [1.54, 1.807) is 28.0 Å². The van der Waals surface area contributed by atoms with E-state index in [0.717, 1.165) is 0 Å². The number of carbonyl (C=O) groups excluding carboxylic acids is 1. The third-order valence-electron chi connectivity index (χ3n) is 2.95. The van der Waals surface area contributed by atoms with Gasteiger partial charge >= 0.3 is 5.97 Å². The van der Waals surface area contributed by atoms with Gasteiger partial charge in [-0.15, -0.1) is 0 Å². The van der Waals surface area contributed by atoms with E-state index in [4.69, 9.17) is 9.84 Å². The van der Waals surface area contributed by atoms with Gasteiger partial charge in [-0.2, -0.15) is 0 Å². The van der Waals surface area contributed by atoms with Crippen LogP contribution in [0.4, 0.5) is 0 Å². The molecule has 0 aromatic rings. The molecule has 0 heterocycles. The number of aliphatic carboxylic acids is 1. The largest absolute Gasteiger partial charge is 0.481 e. The first kappa shape index (κ1) is 14.9. The number of carboxylic acid groups (broad SMARTS) is 1. The Hall–Kier alpha value is -1.10. The highest BCUT2D eigenvalue weighted by molar-refractivity contribution is 5.84. The van der Waals surface area contributed by atoms with Crippen LogP contribution in [0.15, 0.2) is 0 Å². The second-order valence-electron chi connectivity index (χ2n) is 4.17. The van der Waals surface area contributed by atoms with Gasteiger partial charge in [0, 0.05) is 20.1 Å². The van der Waals surface area contributed by atoms with E-state index in [-0.39, 0.29) is 11.9 Å². The maximum Gasteiger partial charge on any atom is 0.307 e. The summed E-state index contributed by atoms with van der Waals surface area (Å²) in [6.45, 7) is 5.48. The molecule has 0 bridgehead atoms. The van der Waals surface area contributed by atoms with Crippen LogP contribution < -0.4 is 0 Å². The molecule has 1 N–H and O–H groups in total. The van der Waals surface area contributed by atoms with Crippen LogP contribution in [0.3, 0.4) is 0 Å². The summed E-state index contributed by atoms with van der Waals surface area (Å²) in [4.78, 5) is 24.2. The van der Waals surface area contributed by atoms with Crippen molar-refractivity contribution in [1.29, 1.82) is 0 Å². The van der Waals surface area contributed by atoms with Gasteiger partial charge in [0.05, 0.1) is 18.6 Å². The van der Waals surface area contributed by atoms with E-state index in [1.165, 1.54) is 4.90 Å². The lowest BCUT2D eigenvalue weighted by Gasteiger charge is -2.28. The Balaban J connectivity index is 4.48. The summed E-state index contributed by atoms with van der Waals surface area (Å²) < 4.78 is 4.95. The van der Waals surface area contributed by atoms with Crippen molar-refractivity contribution in [1.82, 2.24) is 4.90 Å². The van der Waals surface area contributed by atoms with Gasteiger partial charge in [0.2, 0.25) is 5.91 Å². The number of rotatable bonds is 6. The van der Waals surface area contributed by atoms with Crippen LogP contribution >= 0.6 is 0 Å². The monoisotopic (exact) mass is 231 g/mol. The lowest BCUT2D eigenvalue weighted by molar-refractivity contribution is -0.149. The highest BCUT2D eigenvalue weighted by atomic mass is 16.5. The molecule has 0 fully saturated rings. The molecule has 0 aromatic carbocycles. The minimum Gasteiger partial charge on any atom is -0.481 e. The predicted molar refractivity (Wildman–Crippen MR) is 60.1 cm³/mol. The zero-order chi connectivity index (χ0) is 12.9. The van der Waals surface area contributed by atoms with Crippen LogP contribution in [-0.2, 0) is 14.3 Å². The van der Waals surface area contributed by atoms with Crippen LogP contribution in [0.2, 0.25) is 0 Å². The fourth-order valence-electron chi connectivity index (χ4n) is 1.32. The van der Waals surface area contributed by atoms with Crippen LogP contribution in [0.5, 0.6) is 0 Å². The molecular formula is C11H21NO4. The molecule has 16 heavy (non-hydrogen) atoms. The van der Waals surface area contributed by atoms with E-state index in [2.05, 4.69) is 0 Å². The second kappa shape index (κ2) is 6.48. The number of amides is 1. The first-order valence-electron chi connectivity index (χ1n) is 5.31. The summed E-state index contributed by atoms with van der Waals surface area (Å²) in [7, 11) is 3.23. The zero-order valence-electron chi connectivity index (χ0n) is 10.6. The van der Waals surface area contributed by atoms with Crippen LogP contribution in [0.25, 0.3) is 0 Å². The Morgan fingerprint density at radius 3 is 2.12 bits per heavy atom. The fourth-order valence-corrected chi connectivity index (χ4v) is 1.32. The lowest BCUT2D eigenvalue weighted by Crippen LogP contribution is -2.43. The maximum atomic E-state index is 11.9. The molecule has 5 nitrogen and oxygen atoms in total.